The van der Waals surface area contributed by atoms with Crippen LogP contribution in [0.2, 0.25) is 5.02 Å². The van der Waals surface area contributed by atoms with Gasteiger partial charge in [0, 0.05) is 16.2 Å². The Morgan fingerprint density at radius 1 is 1.57 bits per heavy atom. The van der Waals surface area contributed by atoms with Gasteiger partial charge in [-0.05, 0) is 25.1 Å². The Morgan fingerprint density at radius 3 is 2.86 bits per heavy atom. The van der Waals surface area contributed by atoms with Crippen LogP contribution in [0.15, 0.2) is 34.2 Å². The Labute approximate surface area is 98.3 Å². The van der Waals surface area contributed by atoms with Crippen molar-refractivity contribution in [2.24, 2.45) is 0 Å². The van der Waals surface area contributed by atoms with E-state index in [1.54, 1.807) is 17.3 Å². The highest BCUT2D eigenvalue weighted by atomic mass is 35.5. The number of rotatable bonds is 3. The van der Waals surface area contributed by atoms with Crippen molar-refractivity contribution < 1.29 is 0 Å². The molecule has 0 saturated heterocycles. The second-order valence-corrected chi connectivity index (χ2v) is 4.60. The van der Waals surface area contributed by atoms with E-state index in [-0.39, 0.29) is 0 Å². The van der Waals surface area contributed by atoms with Gasteiger partial charge in [-0.25, -0.2) is 0 Å². The largest absolute Gasteiger partial charge is 0.398 e. The lowest BCUT2D eigenvalue weighted by molar-refractivity contribution is 1.40. The Kier molecular flexibility index (Phi) is 4.66. The van der Waals surface area contributed by atoms with Gasteiger partial charge in [0.15, 0.2) is 0 Å². The molecule has 0 heterocycles. The lowest BCUT2D eigenvalue weighted by atomic mass is 10.3. The fourth-order valence-electron chi connectivity index (χ4n) is 0.826. The van der Waals surface area contributed by atoms with Crippen molar-refractivity contribution in [2.45, 2.75) is 11.8 Å². The lowest BCUT2D eigenvalue weighted by Crippen LogP contribution is -1.86. The van der Waals surface area contributed by atoms with Crippen LogP contribution in [-0.2, 0) is 0 Å². The van der Waals surface area contributed by atoms with Crippen LogP contribution >= 0.6 is 35.0 Å². The van der Waals surface area contributed by atoms with Crippen molar-refractivity contribution in [1.29, 1.82) is 0 Å². The third kappa shape index (κ3) is 3.45. The van der Waals surface area contributed by atoms with E-state index in [1.807, 2.05) is 25.1 Å². The van der Waals surface area contributed by atoms with Gasteiger partial charge in [0.2, 0.25) is 0 Å². The van der Waals surface area contributed by atoms with Crippen LogP contribution in [0.25, 0.3) is 0 Å². The molecular weight excluding hydrogens is 237 g/mol. The molecule has 0 saturated carbocycles. The number of anilines is 1. The summed E-state index contributed by atoms with van der Waals surface area (Å²) in [4.78, 5) is 1.10. The number of benzene rings is 1. The molecule has 76 valence electrons. The van der Waals surface area contributed by atoms with Crippen molar-refractivity contribution in [3.63, 3.8) is 0 Å². The molecule has 0 aliphatic heterocycles. The topological polar surface area (TPSA) is 26.0 Å². The highest BCUT2D eigenvalue weighted by Gasteiger charge is 1.99. The quantitative estimate of drug-likeness (QED) is 0.642. The van der Waals surface area contributed by atoms with E-state index < -0.39 is 0 Å². The molecule has 0 aliphatic rings. The minimum atomic E-state index is 0.600. The lowest BCUT2D eigenvalue weighted by Gasteiger charge is -2.03. The summed E-state index contributed by atoms with van der Waals surface area (Å²) in [6.45, 7) is 1.99. The molecular formula is C10H11Cl2NS. The van der Waals surface area contributed by atoms with Crippen molar-refractivity contribution in [3.05, 3.63) is 34.3 Å². The summed E-state index contributed by atoms with van der Waals surface area (Å²) in [5, 5.41) is 0.600. The molecule has 1 aromatic rings. The predicted octanol–water partition coefficient (Wildman–Crippen LogP) is 4.16. The SMILES string of the molecule is C/C(=C/Cl)CSc1ccc(N)c(Cl)c1. The monoisotopic (exact) mass is 247 g/mol. The molecule has 0 amide bonds. The van der Waals surface area contributed by atoms with Crippen molar-refractivity contribution in [1.82, 2.24) is 0 Å². The van der Waals surface area contributed by atoms with Crippen LogP contribution in [0.5, 0.6) is 0 Å². The molecule has 0 fully saturated rings. The summed E-state index contributed by atoms with van der Waals surface area (Å²) in [7, 11) is 0. The second-order valence-electron chi connectivity index (χ2n) is 2.93. The fraction of sp³-hybridized carbons (Fsp3) is 0.200. The van der Waals surface area contributed by atoms with E-state index in [0.717, 1.165) is 16.2 Å². The first-order valence-corrected chi connectivity index (χ1v) is 5.87. The standard InChI is InChI=1S/C10H11Cl2NS/c1-7(5-11)6-14-8-2-3-10(13)9(12)4-8/h2-5H,6,13H2,1H3/b7-5-. The summed E-state index contributed by atoms with van der Waals surface area (Å²) >= 11 is 13.1. The fourth-order valence-corrected chi connectivity index (χ4v) is 2.08. The van der Waals surface area contributed by atoms with Crippen molar-refractivity contribution in [2.75, 3.05) is 11.5 Å². The summed E-state index contributed by atoms with van der Waals surface area (Å²) in [5.74, 6) is 0.865. The van der Waals surface area contributed by atoms with Crippen LogP contribution in [0.3, 0.4) is 0 Å². The van der Waals surface area contributed by atoms with Gasteiger partial charge in [-0.3, -0.25) is 0 Å². The maximum absolute atomic E-state index is 5.88. The zero-order chi connectivity index (χ0) is 10.6. The minimum absolute atomic E-state index is 0.600. The van der Waals surface area contributed by atoms with Gasteiger partial charge in [0.05, 0.1) is 10.7 Å². The Hall–Kier alpha value is -0.310. The van der Waals surface area contributed by atoms with Crippen molar-refractivity contribution >= 4 is 40.7 Å². The van der Waals surface area contributed by atoms with E-state index in [2.05, 4.69) is 0 Å². The predicted molar refractivity (Wildman–Crippen MR) is 66.2 cm³/mol. The molecule has 2 N–H and O–H groups in total. The third-order valence-electron chi connectivity index (χ3n) is 1.62. The van der Waals surface area contributed by atoms with Crippen LogP contribution in [0.1, 0.15) is 6.92 Å². The van der Waals surface area contributed by atoms with Crippen LogP contribution < -0.4 is 5.73 Å². The smallest absolute Gasteiger partial charge is 0.0646 e. The van der Waals surface area contributed by atoms with E-state index in [0.29, 0.717) is 10.7 Å². The number of hydrogen-bond acceptors (Lipinski definition) is 2. The first kappa shape index (κ1) is 11.8. The Morgan fingerprint density at radius 2 is 2.29 bits per heavy atom. The minimum Gasteiger partial charge on any atom is -0.398 e. The molecule has 0 radical (unpaired) electrons. The summed E-state index contributed by atoms with van der Waals surface area (Å²) in [5.41, 5.74) is 8.93. The number of nitrogen functional groups attached to an aromatic ring is 1. The Balaban J connectivity index is 2.64. The summed E-state index contributed by atoms with van der Waals surface area (Å²) in [6.07, 6.45) is 0. The van der Waals surface area contributed by atoms with Gasteiger partial charge in [-0.15, -0.1) is 11.8 Å². The average molecular weight is 248 g/mol. The van der Waals surface area contributed by atoms with Crippen molar-refractivity contribution in [3.8, 4) is 0 Å². The molecule has 4 heteroatoms. The van der Waals surface area contributed by atoms with Gasteiger partial charge in [-0.2, -0.15) is 0 Å². The van der Waals surface area contributed by atoms with Gasteiger partial charge in [0.25, 0.3) is 0 Å². The molecule has 14 heavy (non-hydrogen) atoms. The molecule has 0 bridgehead atoms. The van der Waals surface area contributed by atoms with Crippen LogP contribution in [-0.4, -0.2) is 5.75 Å². The molecule has 1 aromatic carbocycles. The first-order valence-electron chi connectivity index (χ1n) is 4.07. The molecule has 0 aromatic heterocycles. The van der Waals surface area contributed by atoms with Crippen LogP contribution in [0.4, 0.5) is 5.69 Å². The maximum atomic E-state index is 5.88. The second kappa shape index (κ2) is 5.54. The molecule has 0 spiro atoms. The van der Waals surface area contributed by atoms with E-state index in [1.165, 1.54) is 0 Å². The zero-order valence-electron chi connectivity index (χ0n) is 7.76. The molecule has 0 atom stereocenters. The van der Waals surface area contributed by atoms with Gasteiger partial charge >= 0.3 is 0 Å². The Bertz CT molecular complexity index is 350. The highest BCUT2D eigenvalue weighted by Crippen LogP contribution is 2.27. The number of nitrogens with two attached hydrogens (primary N) is 1. The molecule has 0 unspecified atom stereocenters. The van der Waals surface area contributed by atoms with Crippen LogP contribution in [0, 0.1) is 0 Å². The molecule has 0 aliphatic carbocycles. The normalized spacial score (nSPS) is 11.8. The molecule has 1 nitrogen and oxygen atoms in total. The van der Waals surface area contributed by atoms with E-state index in [9.17, 15) is 0 Å². The summed E-state index contributed by atoms with van der Waals surface area (Å²) in [6, 6.07) is 5.63. The maximum Gasteiger partial charge on any atom is 0.0646 e. The van der Waals surface area contributed by atoms with Gasteiger partial charge in [-0.1, -0.05) is 28.8 Å². The third-order valence-corrected chi connectivity index (χ3v) is 3.51. The highest BCUT2D eigenvalue weighted by molar-refractivity contribution is 7.99. The summed E-state index contributed by atoms with van der Waals surface area (Å²) < 4.78 is 0. The van der Waals surface area contributed by atoms with Gasteiger partial charge < -0.3 is 5.73 Å². The van der Waals surface area contributed by atoms with E-state index >= 15 is 0 Å². The average Bonchev–Trinajstić information content (AvgIpc) is 2.19. The zero-order valence-corrected chi connectivity index (χ0v) is 10.1. The van der Waals surface area contributed by atoms with Gasteiger partial charge in [0.1, 0.15) is 0 Å². The number of hydrogen-bond donors (Lipinski definition) is 1. The molecule has 1 rings (SSSR count). The number of halogens is 2. The number of thioether (sulfide) groups is 1. The first-order chi connectivity index (χ1) is 6.63. The van der Waals surface area contributed by atoms with E-state index in [4.69, 9.17) is 28.9 Å².